The summed E-state index contributed by atoms with van der Waals surface area (Å²) in [4.78, 5) is 29.2. The molecule has 0 radical (unpaired) electrons. The van der Waals surface area contributed by atoms with E-state index in [1.54, 1.807) is 54.6 Å². The summed E-state index contributed by atoms with van der Waals surface area (Å²) in [7, 11) is 0. The maximum Gasteiger partial charge on any atom is 0.253 e. The highest BCUT2D eigenvalue weighted by Gasteiger charge is 2.23. The Morgan fingerprint density at radius 3 is 2.13 bits per heavy atom. The highest BCUT2D eigenvalue weighted by atomic mass is 35.5. The number of carbonyl (C=O) groups excluding carboxylic acids is 2. The van der Waals surface area contributed by atoms with Crippen LogP contribution in [0.15, 0.2) is 89.4 Å². The molecule has 1 aliphatic rings. The van der Waals surface area contributed by atoms with Crippen molar-refractivity contribution in [2.24, 2.45) is 0 Å². The van der Waals surface area contributed by atoms with Gasteiger partial charge in [0.25, 0.3) is 5.91 Å². The summed E-state index contributed by atoms with van der Waals surface area (Å²) in [6.45, 7) is 2.45. The molecule has 4 aromatic rings. The van der Waals surface area contributed by atoms with Crippen LogP contribution in [0.1, 0.15) is 16.1 Å². The van der Waals surface area contributed by atoms with Gasteiger partial charge in [0, 0.05) is 59.1 Å². The van der Waals surface area contributed by atoms with E-state index < -0.39 is 0 Å². The minimum atomic E-state index is -0.308. The van der Waals surface area contributed by atoms with Crippen LogP contribution in [-0.2, 0) is 4.79 Å². The van der Waals surface area contributed by atoms with Crippen molar-refractivity contribution in [3.8, 4) is 11.3 Å². The second-order valence-corrected chi connectivity index (χ2v) is 10.3. The molecule has 198 valence electrons. The largest absolute Gasteiger partial charge is 0.457 e. The van der Waals surface area contributed by atoms with Gasteiger partial charge in [0.1, 0.15) is 11.5 Å². The van der Waals surface area contributed by atoms with Crippen LogP contribution in [0.25, 0.3) is 17.4 Å². The number of anilines is 2. The quantitative estimate of drug-likeness (QED) is 0.240. The Morgan fingerprint density at radius 2 is 1.46 bits per heavy atom. The molecule has 2 heterocycles. The first-order chi connectivity index (χ1) is 18.9. The molecule has 6 nitrogen and oxygen atoms in total. The number of amides is 2. The Kier molecular flexibility index (Phi) is 8.27. The maximum atomic E-state index is 12.8. The lowest BCUT2D eigenvalue weighted by Crippen LogP contribution is -2.48. The minimum Gasteiger partial charge on any atom is -0.457 e. The number of nitrogens with zero attached hydrogens (tertiary/aromatic N) is 2. The Morgan fingerprint density at radius 1 is 0.795 bits per heavy atom. The number of hydrogen-bond acceptors (Lipinski definition) is 4. The van der Waals surface area contributed by atoms with Gasteiger partial charge in [0.05, 0.1) is 10.7 Å². The molecule has 5 rings (SSSR count). The van der Waals surface area contributed by atoms with Crippen molar-refractivity contribution in [1.29, 1.82) is 0 Å². The molecule has 39 heavy (non-hydrogen) atoms. The van der Waals surface area contributed by atoms with E-state index in [-0.39, 0.29) is 11.8 Å². The SMILES string of the molecule is O=C(C=Cc1ccc(-c2ccc(Cl)cc2)o1)Nc1ccc(N2CCN(C(=O)c3ccc(Cl)cc3)CC2)c(Cl)c1. The normalized spacial score (nSPS) is 13.6. The second-order valence-electron chi connectivity index (χ2n) is 8.98. The summed E-state index contributed by atoms with van der Waals surface area (Å²) in [6.07, 6.45) is 3.01. The molecular formula is C30H24Cl3N3O3. The van der Waals surface area contributed by atoms with E-state index in [9.17, 15) is 9.59 Å². The van der Waals surface area contributed by atoms with Gasteiger partial charge < -0.3 is 19.5 Å². The fourth-order valence-electron chi connectivity index (χ4n) is 4.32. The number of furan rings is 1. The summed E-state index contributed by atoms with van der Waals surface area (Å²) >= 11 is 18.4. The molecule has 1 aromatic heterocycles. The van der Waals surface area contributed by atoms with E-state index in [2.05, 4.69) is 10.2 Å². The van der Waals surface area contributed by atoms with Crippen molar-refractivity contribution in [3.63, 3.8) is 0 Å². The lowest BCUT2D eigenvalue weighted by molar-refractivity contribution is -0.111. The summed E-state index contributed by atoms with van der Waals surface area (Å²) < 4.78 is 5.80. The number of carbonyl (C=O) groups is 2. The van der Waals surface area contributed by atoms with Crippen molar-refractivity contribution in [2.75, 3.05) is 36.4 Å². The van der Waals surface area contributed by atoms with Gasteiger partial charge in [-0.25, -0.2) is 0 Å². The molecule has 0 spiro atoms. The molecule has 0 unspecified atom stereocenters. The van der Waals surface area contributed by atoms with E-state index >= 15 is 0 Å². The third-order valence-corrected chi connectivity index (χ3v) is 7.18. The van der Waals surface area contributed by atoms with Gasteiger partial charge >= 0.3 is 0 Å². The molecule has 1 aliphatic heterocycles. The fourth-order valence-corrected chi connectivity index (χ4v) is 4.87. The Labute approximate surface area is 241 Å². The molecular weight excluding hydrogens is 557 g/mol. The molecule has 2 amide bonds. The summed E-state index contributed by atoms with van der Waals surface area (Å²) in [5.41, 5.74) is 2.95. The fraction of sp³-hybridized carbons (Fsp3) is 0.133. The molecule has 1 fully saturated rings. The highest BCUT2D eigenvalue weighted by molar-refractivity contribution is 6.33. The monoisotopic (exact) mass is 579 g/mol. The first-order valence-electron chi connectivity index (χ1n) is 12.3. The standard InChI is InChI=1S/C30H24Cl3N3O3/c31-22-5-1-20(2-6-22)28-13-10-25(39-28)11-14-29(37)34-24-9-12-27(26(33)19-24)35-15-17-36(18-16-35)30(38)21-3-7-23(32)8-4-21/h1-14,19H,15-18H2,(H,34,37). The molecule has 0 aliphatic carbocycles. The van der Waals surface area contributed by atoms with Crippen molar-refractivity contribution in [1.82, 2.24) is 4.90 Å². The van der Waals surface area contributed by atoms with Crippen LogP contribution in [0.5, 0.6) is 0 Å². The molecule has 0 saturated carbocycles. The number of rotatable bonds is 6. The van der Waals surface area contributed by atoms with Gasteiger partial charge in [-0.15, -0.1) is 0 Å². The number of piperazine rings is 1. The molecule has 9 heteroatoms. The van der Waals surface area contributed by atoms with Crippen molar-refractivity contribution < 1.29 is 14.0 Å². The van der Waals surface area contributed by atoms with Crippen LogP contribution in [-0.4, -0.2) is 42.9 Å². The molecule has 1 N–H and O–H groups in total. The minimum absolute atomic E-state index is 0.0146. The predicted molar refractivity (Wildman–Crippen MR) is 158 cm³/mol. The maximum absolute atomic E-state index is 12.8. The molecule has 1 saturated heterocycles. The Bertz CT molecular complexity index is 1510. The second kappa shape index (κ2) is 12.0. The zero-order chi connectivity index (χ0) is 27.4. The first-order valence-corrected chi connectivity index (χ1v) is 13.4. The number of hydrogen-bond donors (Lipinski definition) is 1. The van der Waals surface area contributed by atoms with Crippen LogP contribution in [0.3, 0.4) is 0 Å². The van der Waals surface area contributed by atoms with Gasteiger partial charge in [0.15, 0.2) is 0 Å². The third kappa shape index (κ3) is 6.66. The third-order valence-electron chi connectivity index (χ3n) is 6.37. The van der Waals surface area contributed by atoms with E-state index in [0.717, 1.165) is 11.3 Å². The number of benzene rings is 3. The zero-order valence-electron chi connectivity index (χ0n) is 20.7. The van der Waals surface area contributed by atoms with Crippen LogP contribution < -0.4 is 10.2 Å². The van der Waals surface area contributed by atoms with E-state index in [0.29, 0.717) is 64.0 Å². The van der Waals surface area contributed by atoms with Crippen molar-refractivity contribution in [2.45, 2.75) is 0 Å². The molecule has 0 bridgehead atoms. The van der Waals surface area contributed by atoms with Gasteiger partial charge in [0.2, 0.25) is 5.91 Å². The first kappa shape index (κ1) is 26.9. The van der Waals surface area contributed by atoms with E-state index in [4.69, 9.17) is 39.2 Å². The zero-order valence-corrected chi connectivity index (χ0v) is 23.0. The number of nitrogens with one attached hydrogen (secondary N) is 1. The number of halogens is 3. The average molecular weight is 581 g/mol. The van der Waals surface area contributed by atoms with Crippen molar-refractivity contribution in [3.05, 3.63) is 111 Å². The molecule has 3 aromatic carbocycles. The Balaban J connectivity index is 1.15. The predicted octanol–water partition coefficient (Wildman–Crippen LogP) is 7.52. The van der Waals surface area contributed by atoms with Gasteiger partial charge in [-0.3, -0.25) is 9.59 Å². The van der Waals surface area contributed by atoms with Gasteiger partial charge in [-0.05, 0) is 84.9 Å². The van der Waals surface area contributed by atoms with Crippen LogP contribution in [0.2, 0.25) is 15.1 Å². The van der Waals surface area contributed by atoms with Gasteiger partial charge in [-0.2, -0.15) is 0 Å². The average Bonchev–Trinajstić information content (AvgIpc) is 3.42. The summed E-state index contributed by atoms with van der Waals surface area (Å²) in [5, 5.41) is 4.60. The lowest BCUT2D eigenvalue weighted by Gasteiger charge is -2.36. The van der Waals surface area contributed by atoms with E-state index in [1.807, 2.05) is 35.2 Å². The smallest absolute Gasteiger partial charge is 0.253 e. The summed E-state index contributed by atoms with van der Waals surface area (Å²) in [6, 6.07) is 23.3. The topological polar surface area (TPSA) is 65.8 Å². The van der Waals surface area contributed by atoms with Crippen LogP contribution >= 0.6 is 34.8 Å². The molecule has 0 atom stereocenters. The summed E-state index contributed by atoms with van der Waals surface area (Å²) in [5.74, 6) is 0.915. The Hall–Kier alpha value is -3.71. The van der Waals surface area contributed by atoms with E-state index in [1.165, 1.54) is 6.08 Å². The van der Waals surface area contributed by atoms with Gasteiger partial charge in [-0.1, -0.05) is 34.8 Å². The van der Waals surface area contributed by atoms with Crippen LogP contribution in [0.4, 0.5) is 11.4 Å². The van der Waals surface area contributed by atoms with Crippen molar-refractivity contribution >= 4 is 64.1 Å². The lowest BCUT2D eigenvalue weighted by atomic mass is 10.1. The highest BCUT2D eigenvalue weighted by Crippen LogP contribution is 2.30. The van der Waals surface area contributed by atoms with Crippen LogP contribution in [0, 0.1) is 0 Å².